The third kappa shape index (κ3) is 5.49. The molecule has 1 aromatic carbocycles. The highest BCUT2D eigenvalue weighted by Crippen LogP contribution is 2.21. The Balaban J connectivity index is 2.19. The number of aliphatic hydroxyl groups excluding tert-OH is 1. The summed E-state index contributed by atoms with van der Waals surface area (Å²) in [4.78, 5) is 8.66. The first-order chi connectivity index (χ1) is 11.7. The van der Waals surface area contributed by atoms with Gasteiger partial charge in [-0.25, -0.2) is 18.5 Å². The molecule has 0 fully saturated rings. The largest absolute Gasteiger partial charge is 0.394 e. The Morgan fingerprint density at radius 3 is 2.44 bits per heavy atom. The van der Waals surface area contributed by atoms with Gasteiger partial charge in [-0.1, -0.05) is 13.8 Å². The van der Waals surface area contributed by atoms with Crippen LogP contribution in [0.4, 0.5) is 17.5 Å². The van der Waals surface area contributed by atoms with Crippen molar-refractivity contribution in [3.8, 4) is 0 Å². The molecule has 2 rings (SSSR count). The fourth-order valence-corrected chi connectivity index (χ4v) is 2.92. The van der Waals surface area contributed by atoms with Gasteiger partial charge in [0.25, 0.3) is 0 Å². The number of halogens is 1. The van der Waals surface area contributed by atoms with Gasteiger partial charge in [0.2, 0.25) is 16.0 Å². The van der Waals surface area contributed by atoms with E-state index < -0.39 is 10.0 Å². The zero-order valence-electron chi connectivity index (χ0n) is 13.8. The second kappa shape index (κ2) is 8.25. The molecule has 1 atom stereocenters. The van der Waals surface area contributed by atoms with Crippen LogP contribution in [0.25, 0.3) is 0 Å². The SMILES string of the molecule is CC(C)[C@H](CO)Nc1nc(Nc2ccc(S(N)(=O)=O)cc2)ncc1I. The number of aromatic nitrogens is 2. The number of hydrogen-bond donors (Lipinski definition) is 4. The Hall–Kier alpha value is -1.50. The maximum absolute atomic E-state index is 11.3. The topological polar surface area (TPSA) is 130 Å². The second-order valence-electron chi connectivity index (χ2n) is 5.76. The fourth-order valence-electron chi connectivity index (χ4n) is 1.98. The van der Waals surface area contributed by atoms with Crippen molar-refractivity contribution in [2.75, 3.05) is 17.2 Å². The van der Waals surface area contributed by atoms with Gasteiger partial charge in [-0.2, -0.15) is 4.98 Å². The van der Waals surface area contributed by atoms with Gasteiger partial charge in [-0.05, 0) is 52.8 Å². The van der Waals surface area contributed by atoms with Gasteiger partial charge in [0.05, 0.1) is 21.1 Å². The normalized spacial score (nSPS) is 12.9. The van der Waals surface area contributed by atoms with Crippen molar-refractivity contribution in [1.29, 1.82) is 0 Å². The van der Waals surface area contributed by atoms with E-state index >= 15 is 0 Å². The lowest BCUT2D eigenvalue weighted by Crippen LogP contribution is -2.30. The maximum Gasteiger partial charge on any atom is 0.238 e. The van der Waals surface area contributed by atoms with Gasteiger partial charge >= 0.3 is 0 Å². The maximum atomic E-state index is 11.3. The van der Waals surface area contributed by atoms with Crippen LogP contribution in [0.3, 0.4) is 0 Å². The molecule has 8 nitrogen and oxygen atoms in total. The van der Waals surface area contributed by atoms with Gasteiger partial charge in [0.1, 0.15) is 5.82 Å². The summed E-state index contributed by atoms with van der Waals surface area (Å²) >= 11 is 2.12. The minimum Gasteiger partial charge on any atom is -0.394 e. The van der Waals surface area contributed by atoms with Gasteiger partial charge in [0.15, 0.2) is 0 Å². The number of rotatable bonds is 7. The fraction of sp³-hybridized carbons (Fsp3) is 0.333. The molecular formula is C15H20IN5O3S. The first-order valence-electron chi connectivity index (χ1n) is 7.50. The summed E-state index contributed by atoms with van der Waals surface area (Å²) in [7, 11) is -3.72. The zero-order valence-corrected chi connectivity index (χ0v) is 16.7. The lowest BCUT2D eigenvalue weighted by atomic mass is 10.1. The Morgan fingerprint density at radius 2 is 1.92 bits per heavy atom. The average Bonchev–Trinajstić information content (AvgIpc) is 2.54. The first kappa shape index (κ1) is 19.8. The number of sulfonamides is 1. The molecule has 5 N–H and O–H groups in total. The number of nitrogens with two attached hydrogens (primary N) is 1. The number of benzene rings is 1. The molecular weight excluding hydrogens is 457 g/mol. The summed E-state index contributed by atoms with van der Waals surface area (Å²) in [5.41, 5.74) is 0.627. The minimum atomic E-state index is -3.72. The van der Waals surface area contributed by atoms with Crippen LogP contribution in [0.15, 0.2) is 35.4 Å². The number of aliphatic hydroxyl groups is 1. The zero-order chi connectivity index (χ0) is 18.6. The lowest BCUT2D eigenvalue weighted by Gasteiger charge is -2.21. The van der Waals surface area contributed by atoms with Crippen LogP contribution >= 0.6 is 22.6 Å². The Labute approximate surface area is 160 Å². The average molecular weight is 477 g/mol. The summed E-state index contributed by atoms with van der Waals surface area (Å²) in [5.74, 6) is 1.21. The lowest BCUT2D eigenvalue weighted by molar-refractivity contribution is 0.249. The van der Waals surface area contributed by atoms with E-state index in [9.17, 15) is 13.5 Å². The highest BCUT2D eigenvalue weighted by atomic mass is 127. The van der Waals surface area contributed by atoms with Crippen LogP contribution in [-0.4, -0.2) is 36.1 Å². The summed E-state index contributed by atoms with van der Waals surface area (Å²) in [5, 5.41) is 20.8. The summed E-state index contributed by atoms with van der Waals surface area (Å²) in [6.07, 6.45) is 1.66. The van der Waals surface area contributed by atoms with Crippen molar-refractivity contribution in [3.63, 3.8) is 0 Å². The molecule has 0 saturated carbocycles. The van der Waals surface area contributed by atoms with E-state index in [2.05, 4.69) is 43.2 Å². The van der Waals surface area contributed by atoms with Gasteiger partial charge in [-0.3, -0.25) is 0 Å². The number of anilines is 3. The third-order valence-electron chi connectivity index (χ3n) is 3.51. The van der Waals surface area contributed by atoms with Crippen LogP contribution in [0.2, 0.25) is 0 Å². The molecule has 0 aliphatic rings. The Kier molecular flexibility index (Phi) is 6.54. The van der Waals surface area contributed by atoms with Crippen molar-refractivity contribution < 1.29 is 13.5 Å². The minimum absolute atomic E-state index is 0.00443. The van der Waals surface area contributed by atoms with Crippen molar-refractivity contribution >= 4 is 50.1 Å². The van der Waals surface area contributed by atoms with Crippen molar-refractivity contribution in [1.82, 2.24) is 9.97 Å². The van der Waals surface area contributed by atoms with Crippen LogP contribution in [0.5, 0.6) is 0 Å². The number of nitrogens with zero attached hydrogens (tertiary/aromatic N) is 2. The summed E-state index contributed by atoms with van der Waals surface area (Å²) in [6.45, 7) is 4.01. The second-order valence-corrected chi connectivity index (χ2v) is 8.49. The van der Waals surface area contributed by atoms with E-state index in [-0.39, 0.29) is 23.5 Å². The molecule has 0 aliphatic heterocycles. The molecule has 0 aliphatic carbocycles. The predicted molar refractivity (Wildman–Crippen MR) is 105 cm³/mol. The van der Waals surface area contributed by atoms with E-state index in [1.54, 1.807) is 18.3 Å². The van der Waals surface area contributed by atoms with Crippen LogP contribution in [0, 0.1) is 9.49 Å². The van der Waals surface area contributed by atoms with Crippen LogP contribution in [-0.2, 0) is 10.0 Å². The molecule has 25 heavy (non-hydrogen) atoms. The van der Waals surface area contributed by atoms with Gasteiger partial charge in [0, 0.05) is 11.9 Å². The highest BCUT2D eigenvalue weighted by molar-refractivity contribution is 14.1. The molecule has 0 radical (unpaired) electrons. The molecule has 0 amide bonds. The quantitative estimate of drug-likeness (QED) is 0.448. The molecule has 0 spiro atoms. The third-order valence-corrected chi connectivity index (χ3v) is 5.23. The number of hydrogen-bond acceptors (Lipinski definition) is 7. The highest BCUT2D eigenvalue weighted by Gasteiger charge is 2.15. The van der Waals surface area contributed by atoms with E-state index in [4.69, 9.17) is 5.14 Å². The van der Waals surface area contributed by atoms with Crippen molar-refractivity contribution in [2.45, 2.75) is 24.8 Å². The molecule has 10 heteroatoms. The van der Waals surface area contributed by atoms with Crippen molar-refractivity contribution in [3.05, 3.63) is 34.0 Å². The number of primary sulfonamides is 1. The predicted octanol–water partition coefficient (Wildman–Crippen LogP) is 1.90. The molecule has 136 valence electrons. The Bertz CT molecular complexity index is 828. The molecule has 2 aromatic rings. The van der Waals surface area contributed by atoms with Crippen LogP contribution in [0.1, 0.15) is 13.8 Å². The molecule has 0 unspecified atom stereocenters. The van der Waals surface area contributed by atoms with Crippen LogP contribution < -0.4 is 15.8 Å². The molecule has 0 saturated heterocycles. The van der Waals surface area contributed by atoms with Gasteiger partial charge in [-0.15, -0.1) is 0 Å². The first-order valence-corrected chi connectivity index (χ1v) is 10.1. The van der Waals surface area contributed by atoms with Gasteiger partial charge < -0.3 is 15.7 Å². The smallest absolute Gasteiger partial charge is 0.238 e. The standard InChI is InChI=1S/C15H20IN5O3S/c1-9(2)13(8-22)20-14-12(16)7-18-15(21-14)19-10-3-5-11(6-4-10)25(17,23)24/h3-7,9,13,22H,8H2,1-2H3,(H2,17,23,24)(H2,18,19,20,21)/t13-/m0/s1. The summed E-state index contributed by atoms with van der Waals surface area (Å²) < 4.78 is 23.4. The number of nitrogens with one attached hydrogen (secondary N) is 2. The Morgan fingerprint density at radius 1 is 1.28 bits per heavy atom. The molecule has 1 aromatic heterocycles. The molecule has 1 heterocycles. The van der Waals surface area contributed by atoms with Crippen molar-refractivity contribution in [2.24, 2.45) is 11.1 Å². The van der Waals surface area contributed by atoms with E-state index in [0.29, 0.717) is 17.5 Å². The van der Waals surface area contributed by atoms with E-state index in [0.717, 1.165) is 3.57 Å². The monoisotopic (exact) mass is 477 g/mol. The van der Waals surface area contributed by atoms with E-state index in [1.807, 2.05) is 13.8 Å². The molecule has 0 bridgehead atoms. The summed E-state index contributed by atoms with van der Waals surface area (Å²) in [6, 6.07) is 5.86. The van der Waals surface area contributed by atoms with E-state index in [1.165, 1.54) is 12.1 Å².